The number of aliphatic hydroxyl groups is 1. The van der Waals surface area contributed by atoms with Crippen molar-refractivity contribution in [3.05, 3.63) is 17.5 Å². The Balaban J connectivity index is 2.80. The van der Waals surface area contributed by atoms with Gasteiger partial charge in [0.2, 0.25) is 0 Å². The van der Waals surface area contributed by atoms with E-state index in [1.807, 2.05) is 13.8 Å². The van der Waals surface area contributed by atoms with E-state index in [4.69, 9.17) is 16.7 Å². The largest absolute Gasteiger partial charge is 0.394 e. The summed E-state index contributed by atoms with van der Waals surface area (Å²) in [5, 5.41) is 12.3. The topological polar surface area (TPSA) is 58.0 Å². The SMILES string of the molecule is CC(C)(CO)Nc1nccnc1Cl. The Kier molecular flexibility index (Phi) is 3.06. The number of hydrogen-bond donors (Lipinski definition) is 2. The van der Waals surface area contributed by atoms with Crippen LogP contribution in [0.15, 0.2) is 12.4 Å². The Bertz CT molecular complexity index is 290. The lowest BCUT2D eigenvalue weighted by Gasteiger charge is -2.24. The zero-order chi connectivity index (χ0) is 9.90. The van der Waals surface area contributed by atoms with E-state index in [1.165, 1.54) is 6.20 Å². The second-order valence-electron chi connectivity index (χ2n) is 3.36. The fourth-order valence-corrected chi connectivity index (χ4v) is 0.917. The lowest BCUT2D eigenvalue weighted by atomic mass is 10.1. The van der Waals surface area contributed by atoms with Gasteiger partial charge in [0.1, 0.15) is 0 Å². The van der Waals surface area contributed by atoms with E-state index in [0.717, 1.165) is 0 Å². The average Bonchev–Trinajstić information content (AvgIpc) is 2.09. The van der Waals surface area contributed by atoms with Crippen LogP contribution in [0.1, 0.15) is 13.8 Å². The molecule has 0 saturated carbocycles. The fourth-order valence-electron chi connectivity index (χ4n) is 0.765. The van der Waals surface area contributed by atoms with E-state index in [1.54, 1.807) is 6.20 Å². The van der Waals surface area contributed by atoms with Crippen LogP contribution in [0.2, 0.25) is 5.15 Å². The van der Waals surface area contributed by atoms with Crippen LogP contribution in [-0.2, 0) is 0 Å². The molecule has 72 valence electrons. The van der Waals surface area contributed by atoms with E-state index >= 15 is 0 Å². The van der Waals surface area contributed by atoms with Crippen molar-refractivity contribution in [2.75, 3.05) is 11.9 Å². The third-order valence-corrected chi connectivity index (χ3v) is 1.78. The maximum absolute atomic E-state index is 8.99. The Morgan fingerprint density at radius 2 is 2.08 bits per heavy atom. The van der Waals surface area contributed by atoms with Crippen LogP contribution in [0.3, 0.4) is 0 Å². The van der Waals surface area contributed by atoms with Gasteiger partial charge in [-0.15, -0.1) is 0 Å². The van der Waals surface area contributed by atoms with E-state index < -0.39 is 5.54 Å². The second-order valence-corrected chi connectivity index (χ2v) is 3.72. The van der Waals surface area contributed by atoms with Gasteiger partial charge in [0.25, 0.3) is 0 Å². The van der Waals surface area contributed by atoms with Crippen molar-refractivity contribution in [3.63, 3.8) is 0 Å². The van der Waals surface area contributed by atoms with Gasteiger partial charge < -0.3 is 10.4 Å². The zero-order valence-corrected chi connectivity index (χ0v) is 8.34. The maximum Gasteiger partial charge on any atom is 0.171 e. The molecule has 0 radical (unpaired) electrons. The summed E-state index contributed by atoms with van der Waals surface area (Å²) in [4.78, 5) is 7.85. The standard InChI is InChI=1S/C8H12ClN3O/c1-8(2,5-13)12-7-6(9)10-3-4-11-7/h3-4,13H,5H2,1-2H3,(H,11,12). The molecule has 0 saturated heterocycles. The van der Waals surface area contributed by atoms with Crippen LogP contribution in [0.4, 0.5) is 5.82 Å². The minimum atomic E-state index is -0.445. The third-order valence-electron chi connectivity index (χ3n) is 1.51. The molecule has 0 atom stereocenters. The van der Waals surface area contributed by atoms with Crippen molar-refractivity contribution in [2.24, 2.45) is 0 Å². The van der Waals surface area contributed by atoms with Gasteiger partial charge in [0.05, 0.1) is 12.1 Å². The minimum absolute atomic E-state index is 0.0000961. The van der Waals surface area contributed by atoms with Crippen molar-refractivity contribution in [2.45, 2.75) is 19.4 Å². The molecule has 1 rings (SSSR count). The summed E-state index contributed by atoms with van der Waals surface area (Å²) in [7, 11) is 0. The van der Waals surface area contributed by atoms with Gasteiger partial charge in [-0.1, -0.05) is 11.6 Å². The lowest BCUT2D eigenvalue weighted by molar-refractivity contribution is 0.234. The number of rotatable bonds is 3. The Morgan fingerprint density at radius 1 is 1.46 bits per heavy atom. The highest BCUT2D eigenvalue weighted by Gasteiger charge is 2.17. The van der Waals surface area contributed by atoms with Crippen molar-refractivity contribution in [1.82, 2.24) is 9.97 Å². The number of halogens is 1. The van der Waals surface area contributed by atoms with Crippen LogP contribution >= 0.6 is 11.6 Å². The van der Waals surface area contributed by atoms with Gasteiger partial charge in [-0.3, -0.25) is 0 Å². The number of hydrogen-bond acceptors (Lipinski definition) is 4. The molecular weight excluding hydrogens is 190 g/mol. The normalized spacial score (nSPS) is 11.4. The number of aliphatic hydroxyl groups excluding tert-OH is 1. The van der Waals surface area contributed by atoms with Gasteiger partial charge in [-0.25, -0.2) is 9.97 Å². The monoisotopic (exact) mass is 201 g/mol. The van der Waals surface area contributed by atoms with Crippen LogP contribution in [0.25, 0.3) is 0 Å². The summed E-state index contributed by atoms with van der Waals surface area (Å²) in [6.07, 6.45) is 3.06. The average molecular weight is 202 g/mol. The van der Waals surface area contributed by atoms with Gasteiger partial charge >= 0.3 is 0 Å². The Labute approximate surface area is 82.0 Å². The van der Waals surface area contributed by atoms with Crippen molar-refractivity contribution < 1.29 is 5.11 Å². The molecular formula is C8H12ClN3O. The number of aromatic nitrogens is 2. The molecule has 0 spiro atoms. The summed E-state index contributed by atoms with van der Waals surface area (Å²) in [6, 6.07) is 0. The van der Waals surface area contributed by atoms with Crippen LogP contribution in [0, 0.1) is 0 Å². The highest BCUT2D eigenvalue weighted by molar-refractivity contribution is 6.31. The summed E-state index contributed by atoms with van der Waals surface area (Å²) < 4.78 is 0. The molecule has 13 heavy (non-hydrogen) atoms. The molecule has 1 aromatic heterocycles. The van der Waals surface area contributed by atoms with E-state index in [-0.39, 0.29) is 6.61 Å². The van der Waals surface area contributed by atoms with Crippen LogP contribution < -0.4 is 5.32 Å². The molecule has 0 aliphatic heterocycles. The molecule has 0 unspecified atom stereocenters. The minimum Gasteiger partial charge on any atom is -0.394 e. The van der Waals surface area contributed by atoms with Crippen molar-refractivity contribution >= 4 is 17.4 Å². The lowest BCUT2D eigenvalue weighted by Crippen LogP contribution is -2.35. The molecule has 0 amide bonds. The Hall–Kier alpha value is -0.870. The van der Waals surface area contributed by atoms with E-state index in [2.05, 4.69) is 15.3 Å². The number of anilines is 1. The van der Waals surface area contributed by atoms with E-state index in [0.29, 0.717) is 11.0 Å². The third kappa shape index (κ3) is 2.82. The summed E-state index contributed by atoms with van der Waals surface area (Å²) in [5.74, 6) is 0.489. The first-order valence-electron chi connectivity index (χ1n) is 3.91. The van der Waals surface area contributed by atoms with E-state index in [9.17, 15) is 0 Å². The summed E-state index contributed by atoms with van der Waals surface area (Å²) in [5.41, 5.74) is -0.445. The van der Waals surface area contributed by atoms with Crippen LogP contribution in [-0.4, -0.2) is 27.2 Å². The molecule has 5 heteroatoms. The summed E-state index contributed by atoms with van der Waals surface area (Å²) >= 11 is 5.77. The highest BCUT2D eigenvalue weighted by Crippen LogP contribution is 2.18. The molecule has 2 N–H and O–H groups in total. The van der Waals surface area contributed by atoms with Gasteiger partial charge in [-0.05, 0) is 13.8 Å². The smallest absolute Gasteiger partial charge is 0.171 e. The molecule has 0 aliphatic carbocycles. The molecule has 0 fully saturated rings. The molecule has 0 bridgehead atoms. The predicted molar refractivity (Wildman–Crippen MR) is 51.8 cm³/mol. The summed E-state index contributed by atoms with van der Waals surface area (Å²) in [6.45, 7) is 3.69. The molecule has 1 aromatic rings. The predicted octanol–water partition coefficient (Wildman–Crippen LogP) is 1.31. The first-order chi connectivity index (χ1) is 6.05. The first kappa shape index (κ1) is 10.2. The van der Waals surface area contributed by atoms with Crippen molar-refractivity contribution in [1.29, 1.82) is 0 Å². The second kappa shape index (κ2) is 3.89. The molecule has 4 nitrogen and oxygen atoms in total. The molecule has 0 aliphatic rings. The van der Waals surface area contributed by atoms with Gasteiger partial charge in [0, 0.05) is 12.4 Å². The number of nitrogens with one attached hydrogen (secondary N) is 1. The molecule has 0 aromatic carbocycles. The van der Waals surface area contributed by atoms with Crippen molar-refractivity contribution in [3.8, 4) is 0 Å². The molecule has 1 heterocycles. The Morgan fingerprint density at radius 3 is 2.62 bits per heavy atom. The number of nitrogens with zero attached hydrogens (tertiary/aromatic N) is 2. The zero-order valence-electron chi connectivity index (χ0n) is 7.58. The highest BCUT2D eigenvalue weighted by atomic mass is 35.5. The maximum atomic E-state index is 8.99. The first-order valence-corrected chi connectivity index (χ1v) is 4.28. The fraction of sp³-hybridized carbons (Fsp3) is 0.500. The van der Waals surface area contributed by atoms with Gasteiger partial charge in [-0.2, -0.15) is 0 Å². The van der Waals surface area contributed by atoms with Crippen LogP contribution in [0.5, 0.6) is 0 Å². The van der Waals surface area contributed by atoms with Gasteiger partial charge in [0.15, 0.2) is 11.0 Å². The quantitative estimate of drug-likeness (QED) is 0.775.